The topological polar surface area (TPSA) is 75.4 Å². The van der Waals surface area contributed by atoms with Gasteiger partial charge in [0.15, 0.2) is 0 Å². The van der Waals surface area contributed by atoms with Crippen LogP contribution in [0, 0.1) is 0 Å². The van der Waals surface area contributed by atoms with Gasteiger partial charge in [0.2, 0.25) is 10.0 Å². The van der Waals surface area contributed by atoms with Crippen LogP contribution in [0.1, 0.15) is 18.5 Å². The van der Waals surface area contributed by atoms with Gasteiger partial charge >= 0.3 is 0 Å². The Balaban J connectivity index is 2.24. The number of anilines is 1. The quantitative estimate of drug-likeness (QED) is 0.795. The molecule has 0 aromatic heterocycles. The number of nitrogens with two attached hydrogens (primary N) is 1. The van der Waals surface area contributed by atoms with Crippen molar-refractivity contribution in [3.05, 3.63) is 60.2 Å². The second kappa shape index (κ2) is 7.12. The predicted molar refractivity (Wildman–Crippen MR) is 93.5 cm³/mol. The summed E-state index contributed by atoms with van der Waals surface area (Å²) in [5.41, 5.74) is 7.21. The summed E-state index contributed by atoms with van der Waals surface area (Å²) in [4.78, 5) is 2.22. The van der Waals surface area contributed by atoms with Crippen LogP contribution in [0.15, 0.2) is 59.5 Å². The third-order valence-corrected chi connectivity index (χ3v) is 5.28. The number of likely N-dealkylation sites (N-methyl/N-ethyl adjacent to an activating group) is 1. The Morgan fingerprint density at radius 3 is 2.09 bits per heavy atom. The highest BCUT2D eigenvalue weighted by Gasteiger charge is 2.26. The summed E-state index contributed by atoms with van der Waals surface area (Å²) in [6, 6.07) is 15.7. The van der Waals surface area contributed by atoms with Gasteiger partial charge in [-0.15, -0.1) is 0 Å². The molecule has 2 aromatic rings. The molecule has 5 nitrogen and oxygen atoms in total. The Bertz CT molecular complexity index is 728. The number of rotatable bonds is 6. The number of nitrogens with one attached hydrogen (secondary N) is 1. The number of sulfonamides is 1. The molecule has 0 heterocycles. The minimum atomic E-state index is -3.60. The third-order valence-electron chi connectivity index (χ3n) is 3.70. The lowest BCUT2D eigenvalue weighted by Gasteiger charge is -2.31. The van der Waals surface area contributed by atoms with E-state index in [-0.39, 0.29) is 17.0 Å². The van der Waals surface area contributed by atoms with E-state index in [1.54, 1.807) is 12.1 Å². The van der Waals surface area contributed by atoms with Crippen molar-refractivity contribution >= 4 is 15.7 Å². The molecule has 0 amide bonds. The van der Waals surface area contributed by atoms with Gasteiger partial charge in [-0.1, -0.05) is 30.3 Å². The molecule has 2 aromatic carbocycles. The molecule has 0 spiro atoms. The first-order valence-corrected chi connectivity index (χ1v) is 8.89. The van der Waals surface area contributed by atoms with Crippen LogP contribution >= 0.6 is 0 Å². The highest BCUT2D eigenvalue weighted by atomic mass is 32.2. The van der Waals surface area contributed by atoms with Crippen LogP contribution in [-0.4, -0.2) is 33.5 Å². The van der Waals surface area contributed by atoms with Gasteiger partial charge in [0.05, 0.1) is 10.9 Å². The summed E-state index contributed by atoms with van der Waals surface area (Å²) in [7, 11) is 0.277. The van der Waals surface area contributed by atoms with Gasteiger partial charge in [-0.05, 0) is 50.8 Å². The molecule has 0 unspecified atom stereocenters. The average Bonchev–Trinajstić information content (AvgIpc) is 2.48. The van der Waals surface area contributed by atoms with E-state index in [0.29, 0.717) is 5.69 Å². The van der Waals surface area contributed by atoms with E-state index in [1.165, 1.54) is 12.1 Å². The third kappa shape index (κ3) is 4.31. The Kier molecular flexibility index (Phi) is 5.41. The van der Waals surface area contributed by atoms with Crippen molar-refractivity contribution in [1.29, 1.82) is 0 Å². The molecule has 0 aliphatic heterocycles. The van der Waals surface area contributed by atoms with E-state index in [0.717, 1.165) is 5.56 Å². The lowest BCUT2D eigenvalue weighted by molar-refractivity contribution is 0.256. The summed E-state index contributed by atoms with van der Waals surface area (Å²) < 4.78 is 27.8. The molecule has 0 saturated heterocycles. The van der Waals surface area contributed by atoms with Crippen molar-refractivity contribution in [2.24, 2.45) is 0 Å². The molecular formula is C17H23N3O2S. The molecule has 0 fully saturated rings. The van der Waals surface area contributed by atoms with Crippen molar-refractivity contribution in [2.45, 2.75) is 23.9 Å². The Morgan fingerprint density at radius 2 is 1.57 bits per heavy atom. The second-order valence-electron chi connectivity index (χ2n) is 5.80. The Labute approximate surface area is 138 Å². The van der Waals surface area contributed by atoms with Gasteiger partial charge in [-0.3, -0.25) is 0 Å². The van der Waals surface area contributed by atoms with Crippen LogP contribution in [0.5, 0.6) is 0 Å². The predicted octanol–water partition coefficient (Wildman–Crippen LogP) is 2.24. The van der Waals surface area contributed by atoms with Gasteiger partial charge in [0.25, 0.3) is 0 Å². The van der Waals surface area contributed by atoms with E-state index in [4.69, 9.17) is 5.73 Å². The van der Waals surface area contributed by atoms with Crippen LogP contribution < -0.4 is 10.5 Å². The standard InChI is InChI=1S/C17H23N3O2S/c1-13(17(20(2)3)14-7-5-4-6-8-14)19-23(21,22)16-11-9-15(18)10-12-16/h4-13,17,19H,18H2,1-3H3/t13-,17+/m1/s1. The fourth-order valence-electron chi connectivity index (χ4n) is 2.71. The highest BCUT2D eigenvalue weighted by molar-refractivity contribution is 7.89. The molecule has 2 atom stereocenters. The van der Waals surface area contributed by atoms with Crippen LogP contribution in [0.2, 0.25) is 0 Å². The maximum Gasteiger partial charge on any atom is 0.240 e. The molecule has 0 bridgehead atoms. The number of hydrogen-bond acceptors (Lipinski definition) is 4. The van der Waals surface area contributed by atoms with Gasteiger partial charge in [0, 0.05) is 11.7 Å². The van der Waals surface area contributed by atoms with Crippen molar-refractivity contribution < 1.29 is 8.42 Å². The molecule has 0 radical (unpaired) electrons. The maximum absolute atomic E-state index is 12.5. The summed E-state index contributed by atoms with van der Waals surface area (Å²) >= 11 is 0. The lowest BCUT2D eigenvalue weighted by atomic mass is 10.0. The van der Waals surface area contributed by atoms with Crippen molar-refractivity contribution in [3.63, 3.8) is 0 Å². The van der Waals surface area contributed by atoms with E-state index >= 15 is 0 Å². The van der Waals surface area contributed by atoms with Crippen LogP contribution in [0.4, 0.5) is 5.69 Å². The average molecular weight is 333 g/mol. The van der Waals surface area contributed by atoms with Crippen molar-refractivity contribution in [2.75, 3.05) is 19.8 Å². The molecule has 23 heavy (non-hydrogen) atoms. The van der Waals surface area contributed by atoms with E-state index in [1.807, 2.05) is 56.3 Å². The smallest absolute Gasteiger partial charge is 0.240 e. The molecular weight excluding hydrogens is 310 g/mol. The first-order valence-electron chi connectivity index (χ1n) is 7.40. The second-order valence-corrected chi connectivity index (χ2v) is 7.51. The number of benzene rings is 2. The normalized spacial score (nSPS) is 14.6. The fourth-order valence-corrected chi connectivity index (χ4v) is 3.96. The van der Waals surface area contributed by atoms with E-state index in [2.05, 4.69) is 4.72 Å². The molecule has 0 aliphatic rings. The summed E-state index contributed by atoms with van der Waals surface area (Å²) in [5, 5.41) is 0. The van der Waals surface area contributed by atoms with Gasteiger partial charge in [-0.2, -0.15) is 0 Å². The SMILES string of the molecule is C[C@@H](NS(=O)(=O)c1ccc(N)cc1)[C@@H](c1ccccc1)N(C)C. The van der Waals surface area contributed by atoms with Gasteiger partial charge in [-0.25, -0.2) is 13.1 Å². The Hall–Kier alpha value is -1.89. The lowest BCUT2D eigenvalue weighted by Crippen LogP contribution is -2.42. The summed E-state index contributed by atoms with van der Waals surface area (Å²) in [6.07, 6.45) is 0. The van der Waals surface area contributed by atoms with Crippen molar-refractivity contribution in [1.82, 2.24) is 9.62 Å². The minimum absolute atomic E-state index is 0.0697. The largest absolute Gasteiger partial charge is 0.399 e. The first kappa shape index (κ1) is 17.5. The zero-order chi connectivity index (χ0) is 17.0. The van der Waals surface area contributed by atoms with Gasteiger partial charge < -0.3 is 10.6 Å². The zero-order valence-electron chi connectivity index (χ0n) is 13.6. The first-order chi connectivity index (χ1) is 10.8. The molecule has 124 valence electrons. The minimum Gasteiger partial charge on any atom is -0.399 e. The highest BCUT2D eigenvalue weighted by Crippen LogP contribution is 2.23. The number of hydrogen-bond donors (Lipinski definition) is 2. The zero-order valence-corrected chi connectivity index (χ0v) is 14.4. The Morgan fingerprint density at radius 1 is 1.00 bits per heavy atom. The molecule has 0 saturated carbocycles. The molecule has 2 rings (SSSR count). The van der Waals surface area contributed by atoms with Gasteiger partial charge in [0.1, 0.15) is 0 Å². The molecule has 0 aliphatic carbocycles. The fraction of sp³-hybridized carbons (Fsp3) is 0.294. The molecule has 3 N–H and O–H groups in total. The van der Waals surface area contributed by atoms with Crippen LogP contribution in [0.3, 0.4) is 0 Å². The van der Waals surface area contributed by atoms with Crippen LogP contribution in [-0.2, 0) is 10.0 Å². The van der Waals surface area contributed by atoms with Crippen molar-refractivity contribution in [3.8, 4) is 0 Å². The summed E-state index contributed by atoms with van der Waals surface area (Å²) in [6.45, 7) is 1.87. The molecule has 6 heteroatoms. The number of nitrogens with zero attached hydrogens (tertiary/aromatic N) is 1. The number of nitrogen functional groups attached to an aromatic ring is 1. The monoisotopic (exact) mass is 333 g/mol. The van der Waals surface area contributed by atoms with E-state index in [9.17, 15) is 8.42 Å². The van der Waals surface area contributed by atoms with E-state index < -0.39 is 10.0 Å². The van der Waals surface area contributed by atoms with Crippen LogP contribution in [0.25, 0.3) is 0 Å². The maximum atomic E-state index is 12.5. The summed E-state index contributed by atoms with van der Waals surface area (Å²) in [5.74, 6) is 0.